The number of rotatable bonds is 3. The molecule has 0 aromatic heterocycles. The molecular formula is C12H13ClO2S. The number of aliphatic carboxylic acids is 1. The average Bonchev–Trinajstić information content (AvgIpc) is 2.71. The van der Waals surface area contributed by atoms with Crippen molar-refractivity contribution in [2.24, 2.45) is 0 Å². The standard InChI is InChI=1S/C12H13ClO2S/c13-10-5-2-1-4-9(10)8-12(11(14)15)6-3-7-16-12/h1-2,4-5H,3,6-8H2,(H,14,15). The molecule has 4 heteroatoms. The summed E-state index contributed by atoms with van der Waals surface area (Å²) in [5.74, 6) is 0.214. The second-order valence-corrected chi connectivity index (χ2v) is 5.91. The van der Waals surface area contributed by atoms with Crippen molar-refractivity contribution in [3.63, 3.8) is 0 Å². The fourth-order valence-corrected chi connectivity index (χ4v) is 3.58. The lowest BCUT2D eigenvalue weighted by Crippen LogP contribution is -2.34. The van der Waals surface area contributed by atoms with E-state index in [9.17, 15) is 9.90 Å². The predicted octanol–water partition coefficient (Wildman–Crippen LogP) is 3.23. The number of halogens is 1. The first-order valence-corrected chi connectivity index (χ1v) is 6.61. The van der Waals surface area contributed by atoms with Gasteiger partial charge in [0.2, 0.25) is 0 Å². The van der Waals surface area contributed by atoms with Crippen LogP contribution in [-0.2, 0) is 11.2 Å². The molecule has 0 spiro atoms. The van der Waals surface area contributed by atoms with Gasteiger partial charge in [-0.3, -0.25) is 4.79 Å². The van der Waals surface area contributed by atoms with E-state index in [1.54, 1.807) is 11.8 Å². The maximum atomic E-state index is 11.4. The summed E-state index contributed by atoms with van der Waals surface area (Å²) in [6.45, 7) is 0. The number of hydrogen-bond acceptors (Lipinski definition) is 2. The third-order valence-corrected chi connectivity index (χ3v) is 4.86. The molecule has 86 valence electrons. The molecule has 1 atom stereocenters. The minimum atomic E-state index is -0.713. The highest BCUT2D eigenvalue weighted by Gasteiger charge is 2.42. The summed E-state index contributed by atoms with van der Waals surface area (Å²) >= 11 is 7.61. The Morgan fingerprint density at radius 2 is 2.25 bits per heavy atom. The van der Waals surface area contributed by atoms with E-state index in [2.05, 4.69) is 0 Å². The number of hydrogen-bond donors (Lipinski definition) is 1. The Morgan fingerprint density at radius 3 is 2.81 bits per heavy atom. The molecule has 1 aliphatic rings. The van der Waals surface area contributed by atoms with Crippen LogP contribution in [0.3, 0.4) is 0 Å². The molecule has 1 unspecified atom stereocenters. The zero-order valence-electron chi connectivity index (χ0n) is 8.78. The molecule has 1 fully saturated rings. The molecule has 0 bridgehead atoms. The van der Waals surface area contributed by atoms with E-state index in [-0.39, 0.29) is 0 Å². The summed E-state index contributed by atoms with van der Waals surface area (Å²) in [7, 11) is 0. The molecule has 1 aliphatic heterocycles. The van der Waals surface area contributed by atoms with E-state index in [1.807, 2.05) is 24.3 Å². The maximum Gasteiger partial charge on any atom is 0.320 e. The summed E-state index contributed by atoms with van der Waals surface area (Å²) in [5.41, 5.74) is 0.931. The Morgan fingerprint density at radius 1 is 1.50 bits per heavy atom. The second kappa shape index (κ2) is 4.68. The minimum Gasteiger partial charge on any atom is -0.480 e. The molecule has 1 N–H and O–H groups in total. The van der Waals surface area contributed by atoms with Gasteiger partial charge in [-0.05, 0) is 36.6 Å². The molecule has 1 saturated heterocycles. The van der Waals surface area contributed by atoms with E-state index in [4.69, 9.17) is 11.6 Å². The van der Waals surface area contributed by atoms with Crippen LogP contribution in [0.4, 0.5) is 0 Å². The largest absolute Gasteiger partial charge is 0.480 e. The number of benzene rings is 1. The van der Waals surface area contributed by atoms with Crippen LogP contribution in [0.2, 0.25) is 5.02 Å². The summed E-state index contributed by atoms with van der Waals surface area (Å²) in [5, 5.41) is 10.0. The number of carboxylic acids is 1. The number of carboxylic acid groups (broad SMARTS) is 1. The van der Waals surface area contributed by atoms with E-state index in [0.29, 0.717) is 11.4 Å². The Hall–Kier alpha value is -0.670. The summed E-state index contributed by atoms with van der Waals surface area (Å²) in [6, 6.07) is 7.48. The van der Waals surface area contributed by atoms with Crippen LogP contribution < -0.4 is 0 Å². The van der Waals surface area contributed by atoms with Gasteiger partial charge in [0.1, 0.15) is 4.75 Å². The van der Waals surface area contributed by atoms with Crippen LogP contribution in [0.25, 0.3) is 0 Å². The smallest absolute Gasteiger partial charge is 0.320 e. The topological polar surface area (TPSA) is 37.3 Å². The molecule has 0 aliphatic carbocycles. The van der Waals surface area contributed by atoms with Crippen molar-refractivity contribution in [2.45, 2.75) is 24.0 Å². The van der Waals surface area contributed by atoms with Gasteiger partial charge in [0.15, 0.2) is 0 Å². The van der Waals surface area contributed by atoms with Gasteiger partial charge in [0.25, 0.3) is 0 Å². The Kier molecular flexibility index (Phi) is 3.45. The molecular weight excluding hydrogens is 244 g/mol. The lowest BCUT2D eigenvalue weighted by Gasteiger charge is -2.23. The Bertz CT molecular complexity index is 400. The summed E-state index contributed by atoms with van der Waals surface area (Å²) in [6.07, 6.45) is 2.23. The van der Waals surface area contributed by atoms with Crippen LogP contribution in [0.1, 0.15) is 18.4 Å². The van der Waals surface area contributed by atoms with E-state index in [1.165, 1.54) is 0 Å². The van der Waals surface area contributed by atoms with E-state index >= 15 is 0 Å². The third-order valence-electron chi connectivity index (χ3n) is 2.93. The highest BCUT2D eigenvalue weighted by molar-refractivity contribution is 8.01. The SMILES string of the molecule is O=C(O)C1(Cc2ccccc2Cl)CCCS1. The second-order valence-electron chi connectivity index (χ2n) is 4.02. The van der Waals surface area contributed by atoms with Gasteiger partial charge < -0.3 is 5.11 Å². The number of carbonyl (C=O) groups is 1. The molecule has 0 saturated carbocycles. The first-order valence-electron chi connectivity index (χ1n) is 5.25. The van der Waals surface area contributed by atoms with Gasteiger partial charge in [-0.1, -0.05) is 29.8 Å². The average molecular weight is 257 g/mol. The van der Waals surface area contributed by atoms with Crippen LogP contribution in [0, 0.1) is 0 Å². The Balaban J connectivity index is 2.25. The molecule has 1 heterocycles. The number of thioether (sulfide) groups is 1. The first kappa shape index (κ1) is 11.8. The molecule has 0 amide bonds. The van der Waals surface area contributed by atoms with Crippen molar-refractivity contribution in [2.75, 3.05) is 5.75 Å². The van der Waals surface area contributed by atoms with Crippen LogP contribution in [0.15, 0.2) is 24.3 Å². The normalized spacial score (nSPS) is 24.6. The van der Waals surface area contributed by atoms with Crippen molar-refractivity contribution in [1.29, 1.82) is 0 Å². The minimum absolute atomic E-state index is 0.521. The van der Waals surface area contributed by atoms with Crippen LogP contribution in [-0.4, -0.2) is 21.6 Å². The molecule has 16 heavy (non-hydrogen) atoms. The predicted molar refractivity (Wildman–Crippen MR) is 67.2 cm³/mol. The van der Waals surface area contributed by atoms with Crippen molar-refractivity contribution in [3.05, 3.63) is 34.9 Å². The highest BCUT2D eigenvalue weighted by atomic mass is 35.5. The van der Waals surface area contributed by atoms with Gasteiger partial charge in [-0.2, -0.15) is 0 Å². The van der Waals surface area contributed by atoms with Gasteiger partial charge in [-0.15, -0.1) is 11.8 Å². The summed E-state index contributed by atoms with van der Waals surface area (Å²) < 4.78 is -0.662. The molecule has 2 rings (SSSR count). The zero-order chi connectivity index (χ0) is 11.6. The molecule has 1 aromatic rings. The van der Waals surface area contributed by atoms with Gasteiger partial charge in [0.05, 0.1) is 0 Å². The monoisotopic (exact) mass is 256 g/mol. The van der Waals surface area contributed by atoms with E-state index < -0.39 is 10.7 Å². The lowest BCUT2D eigenvalue weighted by molar-refractivity contribution is -0.139. The molecule has 1 aromatic carbocycles. The molecule has 0 radical (unpaired) electrons. The van der Waals surface area contributed by atoms with Crippen molar-refractivity contribution >= 4 is 29.3 Å². The van der Waals surface area contributed by atoms with Crippen molar-refractivity contribution in [3.8, 4) is 0 Å². The first-order chi connectivity index (χ1) is 7.64. The quantitative estimate of drug-likeness (QED) is 0.902. The molecule has 2 nitrogen and oxygen atoms in total. The summed E-state index contributed by atoms with van der Waals surface area (Å²) in [4.78, 5) is 11.4. The van der Waals surface area contributed by atoms with Crippen molar-refractivity contribution < 1.29 is 9.90 Å². The van der Waals surface area contributed by atoms with Gasteiger partial charge >= 0.3 is 5.97 Å². The lowest BCUT2D eigenvalue weighted by atomic mass is 9.94. The highest BCUT2D eigenvalue weighted by Crippen LogP contribution is 2.41. The van der Waals surface area contributed by atoms with Crippen LogP contribution >= 0.6 is 23.4 Å². The fourth-order valence-electron chi connectivity index (χ4n) is 2.03. The van der Waals surface area contributed by atoms with Crippen LogP contribution in [0.5, 0.6) is 0 Å². The van der Waals surface area contributed by atoms with E-state index in [0.717, 1.165) is 24.2 Å². The van der Waals surface area contributed by atoms with Crippen molar-refractivity contribution in [1.82, 2.24) is 0 Å². The zero-order valence-corrected chi connectivity index (χ0v) is 10.4. The third kappa shape index (κ3) is 2.20. The fraction of sp³-hybridized carbons (Fsp3) is 0.417. The van der Waals surface area contributed by atoms with Gasteiger partial charge in [0, 0.05) is 5.02 Å². The maximum absolute atomic E-state index is 11.4. The Labute approximate surface area is 104 Å². The van der Waals surface area contributed by atoms with Gasteiger partial charge in [-0.25, -0.2) is 0 Å².